The zero-order valence-corrected chi connectivity index (χ0v) is 43.4. The first-order valence-corrected chi connectivity index (χ1v) is 27.0. The van der Waals surface area contributed by atoms with E-state index < -0.39 is 11.6 Å². The van der Waals surface area contributed by atoms with Gasteiger partial charge in [0.2, 0.25) is 0 Å². The van der Waals surface area contributed by atoms with Gasteiger partial charge in [0.1, 0.15) is 23.1 Å². The van der Waals surface area contributed by atoms with Crippen LogP contribution in [0.3, 0.4) is 0 Å². The molecule has 0 spiro atoms. The number of ketones is 2. The standard InChI is InChI=1S/C30H31FN4O3S.C28H28FN3O2S.CH4/c1-3-12-35(30(37)32-2)18-21-6-8-24(34-17-21)28-16-25-29(39-28)27(10-11-33-25)38-26-9-7-20(15-23(26)31)14-22(36)13-19-4-5-19;1-2-10-30-16-20-5-7-23(32-17-20)27-15-24-28(35-27)26(9-11-31-24)34-25-8-6-19(14-22(25)29)13-21(33)12-18-3-4-18;/h6-11,15-17,19H,3-5,12-14,18H2,1-2H3,(H,32,37);5-9,11,14-15,17-18,30H,2-4,10,12-13,16H2,1H3;1H4. The van der Waals surface area contributed by atoms with Crippen LogP contribution in [0.25, 0.3) is 41.6 Å². The normalized spacial score (nSPS) is 12.9. The molecule has 2 aliphatic carbocycles. The average Bonchev–Trinajstić information content (AvgIpc) is 4.31. The molecule has 12 nitrogen and oxygen atoms in total. The minimum atomic E-state index is -0.500. The molecule has 0 bridgehead atoms. The Kier molecular flexibility index (Phi) is 18.4. The second kappa shape index (κ2) is 25.5. The average molecular weight is 1050 g/mol. The number of urea groups is 1. The first-order chi connectivity index (χ1) is 36.0. The highest BCUT2D eigenvalue weighted by Crippen LogP contribution is 2.41. The summed E-state index contributed by atoms with van der Waals surface area (Å²) in [6, 6.07) is 24.7. The smallest absolute Gasteiger partial charge is 0.317 e. The fourth-order valence-corrected chi connectivity index (χ4v) is 10.6. The third-order valence-corrected chi connectivity index (χ3v) is 15.0. The number of nitrogens with one attached hydrogen (secondary N) is 2. The Morgan fingerprint density at radius 1 is 0.627 bits per heavy atom. The summed E-state index contributed by atoms with van der Waals surface area (Å²) in [4.78, 5) is 58.2. The molecule has 0 aliphatic heterocycles. The summed E-state index contributed by atoms with van der Waals surface area (Å²) in [6.07, 6.45) is 15.1. The highest BCUT2D eigenvalue weighted by molar-refractivity contribution is 7.22. The van der Waals surface area contributed by atoms with Crippen molar-refractivity contribution in [1.82, 2.24) is 35.5 Å². The van der Waals surface area contributed by atoms with Crippen molar-refractivity contribution in [2.75, 3.05) is 20.1 Å². The Bertz CT molecular complexity index is 3250. The fraction of sp³-hybridized carbons (Fsp3) is 0.339. The van der Waals surface area contributed by atoms with E-state index in [1.165, 1.54) is 34.8 Å². The van der Waals surface area contributed by atoms with Gasteiger partial charge in [0, 0.05) is 89.3 Å². The fourth-order valence-electron chi connectivity index (χ4n) is 8.49. The zero-order valence-electron chi connectivity index (χ0n) is 41.8. The molecule has 6 heterocycles. The van der Waals surface area contributed by atoms with Crippen LogP contribution >= 0.6 is 22.7 Å². The van der Waals surface area contributed by atoms with Crippen LogP contribution in [0, 0.1) is 23.5 Å². The molecule has 2 fully saturated rings. The van der Waals surface area contributed by atoms with Crippen molar-refractivity contribution in [2.24, 2.45) is 11.8 Å². The molecular weight excluding hydrogens is 989 g/mol. The van der Waals surface area contributed by atoms with E-state index in [1.807, 2.05) is 43.5 Å². The maximum Gasteiger partial charge on any atom is 0.317 e. The van der Waals surface area contributed by atoms with Crippen LogP contribution in [-0.2, 0) is 35.5 Å². The number of carbonyl (C=O) groups excluding carboxylic acids is 3. The number of nitrogens with zero attached hydrogens (tertiary/aromatic N) is 5. The van der Waals surface area contributed by atoms with Crippen LogP contribution in [0.15, 0.2) is 110 Å². The number of ether oxygens (including phenoxy) is 2. The molecule has 0 unspecified atom stereocenters. The molecule has 390 valence electrons. The molecule has 2 N–H and O–H groups in total. The Balaban J connectivity index is 0.000000198. The van der Waals surface area contributed by atoms with Crippen molar-refractivity contribution in [3.63, 3.8) is 0 Å². The van der Waals surface area contributed by atoms with E-state index in [2.05, 4.69) is 43.6 Å². The SMILES string of the molecule is C.CCCN(Cc1ccc(-c2cc3nccc(Oc4ccc(CC(=O)CC5CC5)cc4F)c3s2)nc1)C(=O)NC.CCCNCc1ccc(-c2cc3nccc(Oc4ccc(CC(=O)CC5CC5)cc4F)c3s2)nc1. The molecule has 8 aromatic rings. The lowest BCUT2D eigenvalue weighted by Crippen LogP contribution is -2.38. The molecule has 0 radical (unpaired) electrons. The number of benzene rings is 2. The van der Waals surface area contributed by atoms with Crippen molar-refractivity contribution < 1.29 is 32.6 Å². The predicted molar refractivity (Wildman–Crippen MR) is 295 cm³/mol. The predicted octanol–water partition coefficient (Wildman–Crippen LogP) is 14.1. The summed E-state index contributed by atoms with van der Waals surface area (Å²) in [6.45, 7) is 7.10. The van der Waals surface area contributed by atoms with E-state index in [0.717, 1.165) is 104 Å². The van der Waals surface area contributed by atoms with Gasteiger partial charge in [0.05, 0.1) is 41.6 Å². The van der Waals surface area contributed by atoms with Crippen LogP contribution in [0.5, 0.6) is 23.0 Å². The van der Waals surface area contributed by atoms with Crippen LogP contribution < -0.4 is 20.1 Å². The molecule has 0 atom stereocenters. The quantitative estimate of drug-likeness (QED) is 0.0628. The first-order valence-electron chi connectivity index (χ1n) is 25.3. The number of hydrogen-bond acceptors (Lipinski definition) is 12. The van der Waals surface area contributed by atoms with Gasteiger partial charge in [-0.1, -0.05) is 45.5 Å². The van der Waals surface area contributed by atoms with Crippen LogP contribution in [0.2, 0.25) is 0 Å². The number of pyridine rings is 4. The second-order valence-corrected chi connectivity index (χ2v) is 21.1. The molecule has 2 amide bonds. The highest BCUT2D eigenvalue weighted by Gasteiger charge is 2.26. The van der Waals surface area contributed by atoms with E-state index in [0.29, 0.717) is 60.4 Å². The van der Waals surface area contributed by atoms with Gasteiger partial charge in [-0.25, -0.2) is 13.6 Å². The molecule has 2 aromatic carbocycles. The minimum Gasteiger partial charge on any atom is -0.453 e. The Morgan fingerprint density at radius 3 is 1.55 bits per heavy atom. The maximum absolute atomic E-state index is 14.9. The van der Waals surface area contributed by atoms with Gasteiger partial charge in [-0.15, -0.1) is 22.7 Å². The van der Waals surface area contributed by atoms with Gasteiger partial charge >= 0.3 is 6.03 Å². The second-order valence-electron chi connectivity index (χ2n) is 19.0. The lowest BCUT2D eigenvalue weighted by Gasteiger charge is -2.21. The molecular formula is C59H63F2N7O5S2. The van der Waals surface area contributed by atoms with Gasteiger partial charge in [0.15, 0.2) is 23.1 Å². The van der Waals surface area contributed by atoms with Crippen molar-refractivity contribution in [3.05, 3.63) is 144 Å². The summed E-state index contributed by atoms with van der Waals surface area (Å²) in [5.74, 6) is 1.69. The largest absolute Gasteiger partial charge is 0.453 e. The summed E-state index contributed by atoms with van der Waals surface area (Å²) >= 11 is 2.99. The molecule has 2 aliphatic rings. The lowest BCUT2D eigenvalue weighted by molar-refractivity contribution is -0.119. The van der Waals surface area contributed by atoms with Gasteiger partial charge in [-0.2, -0.15) is 0 Å². The Morgan fingerprint density at radius 2 is 1.12 bits per heavy atom. The number of thiophene rings is 2. The summed E-state index contributed by atoms with van der Waals surface area (Å²) in [7, 11) is 1.63. The van der Waals surface area contributed by atoms with Crippen LogP contribution in [-0.4, -0.2) is 62.6 Å². The Labute approximate surface area is 445 Å². The lowest BCUT2D eigenvalue weighted by atomic mass is 10.0. The van der Waals surface area contributed by atoms with E-state index in [-0.39, 0.29) is 49.4 Å². The number of carbonyl (C=O) groups is 3. The van der Waals surface area contributed by atoms with Gasteiger partial charge in [-0.3, -0.25) is 29.5 Å². The Hall–Kier alpha value is -7.01. The summed E-state index contributed by atoms with van der Waals surface area (Å²) in [5.41, 5.74) is 6.57. The third-order valence-electron chi connectivity index (χ3n) is 12.7. The zero-order chi connectivity index (χ0) is 51.6. The van der Waals surface area contributed by atoms with Gasteiger partial charge in [0.25, 0.3) is 0 Å². The van der Waals surface area contributed by atoms with Crippen molar-refractivity contribution in [2.45, 2.75) is 98.6 Å². The maximum atomic E-state index is 14.9. The van der Waals surface area contributed by atoms with Crippen LogP contribution in [0.4, 0.5) is 13.6 Å². The highest BCUT2D eigenvalue weighted by atomic mass is 32.1. The molecule has 16 heteroatoms. The van der Waals surface area contributed by atoms with E-state index in [9.17, 15) is 23.2 Å². The number of hydrogen-bond donors (Lipinski definition) is 2. The molecule has 0 saturated heterocycles. The van der Waals surface area contributed by atoms with Crippen molar-refractivity contribution in [1.29, 1.82) is 0 Å². The number of aromatic nitrogens is 4. The number of amides is 2. The third kappa shape index (κ3) is 14.6. The number of Topliss-reactive ketones (excluding diaryl/α,β-unsaturated/α-hetero) is 2. The number of fused-ring (bicyclic) bond motifs is 2. The van der Waals surface area contributed by atoms with Crippen molar-refractivity contribution >= 4 is 60.7 Å². The number of rotatable bonds is 22. The summed E-state index contributed by atoms with van der Waals surface area (Å²) < 4.78 is 43.3. The molecule has 2 saturated carbocycles. The molecule has 6 aromatic heterocycles. The number of halogens is 2. The van der Waals surface area contributed by atoms with E-state index >= 15 is 0 Å². The van der Waals surface area contributed by atoms with Crippen LogP contribution in [0.1, 0.15) is 94.9 Å². The van der Waals surface area contributed by atoms with Crippen molar-refractivity contribution in [3.8, 4) is 44.1 Å². The minimum absolute atomic E-state index is 0. The molecule has 75 heavy (non-hydrogen) atoms. The van der Waals surface area contributed by atoms with E-state index in [1.54, 1.807) is 66.9 Å². The monoisotopic (exact) mass is 1050 g/mol. The first kappa shape index (κ1) is 54.3. The van der Waals surface area contributed by atoms with Gasteiger partial charge in [-0.05, 0) is 128 Å². The molecule has 10 rings (SSSR count). The summed E-state index contributed by atoms with van der Waals surface area (Å²) in [5, 5.41) is 6.06. The topological polar surface area (TPSA) is 149 Å². The van der Waals surface area contributed by atoms with Gasteiger partial charge < -0.3 is 25.0 Å². The van der Waals surface area contributed by atoms with E-state index in [4.69, 9.17) is 9.47 Å².